The van der Waals surface area contributed by atoms with E-state index in [0.29, 0.717) is 16.8 Å². The Hall–Kier alpha value is -3.10. The van der Waals surface area contributed by atoms with Gasteiger partial charge in [0, 0.05) is 16.6 Å². The maximum atomic E-state index is 14.3. The maximum absolute atomic E-state index is 14.3. The number of carbonyl (C=O) groups is 1. The largest absolute Gasteiger partial charge is 0.497 e. The highest BCUT2D eigenvalue weighted by atomic mass is 32.2. The Morgan fingerprint density at radius 3 is 2.68 bits per heavy atom. The van der Waals surface area contributed by atoms with Gasteiger partial charge in [-0.1, -0.05) is 70.6 Å². The van der Waals surface area contributed by atoms with Crippen molar-refractivity contribution in [2.24, 2.45) is 11.3 Å². The molecule has 0 aliphatic heterocycles. The molecule has 0 saturated carbocycles. The van der Waals surface area contributed by atoms with E-state index in [1.165, 1.54) is 16.6 Å². The van der Waals surface area contributed by atoms with Crippen LogP contribution in [-0.4, -0.2) is 28.3 Å². The van der Waals surface area contributed by atoms with E-state index in [4.69, 9.17) is 9.72 Å². The molecule has 6 nitrogen and oxygen atoms in total. The van der Waals surface area contributed by atoms with E-state index in [1.54, 1.807) is 23.0 Å². The molecule has 0 unspecified atom stereocenters. The van der Waals surface area contributed by atoms with E-state index in [9.17, 15) is 9.59 Å². The number of ether oxygens (including phenoxy) is 1. The van der Waals surface area contributed by atoms with E-state index >= 15 is 0 Å². The number of aromatic nitrogens is 2. The smallest absolute Gasteiger partial charge is 0.267 e. The number of para-hydroxylation sites is 1. The minimum Gasteiger partial charge on any atom is -0.497 e. The third-order valence-electron chi connectivity index (χ3n) is 8.12. The van der Waals surface area contributed by atoms with Crippen molar-refractivity contribution in [3.8, 4) is 11.4 Å². The summed E-state index contributed by atoms with van der Waals surface area (Å²) in [6.07, 6.45) is 2.92. The molecule has 1 aliphatic carbocycles. The van der Waals surface area contributed by atoms with Crippen LogP contribution in [0, 0.1) is 18.3 Å². The summed E-state index contributed by atoms with van der Waals surface area (Å²) in [5, 5.41) is 4.30. The van der Waals surface area contributed by atoms with Crippen molar-refractivity contribution in [1.29, 1.82) is 0 Å². The summed E-state index contributed by atoms with van der Waals surface area (Å²) in [5.74, 6) is 1.51. The Morgan fingerprint density at radius 1 is 1.22 bits per heavy atom. The Balaban J connectivity index is 1.56. The molecule has 2 aromatic heterocycles. The lowest BCUT2D eigenvalue weighted by molar-refractivity contribution is -0.113. The van der Waals surface area contributed by atoms with Crippen molar-refractivity contribution in [2.75, 3.05) is 18.2 Å². The molecule has 8 heteroatoms. The Bertz CT molecular complexity index is 1660. The van der Waals surface area contributed by atoms with Gasteiger partial charge in [0.1, 0.15) is 10.6 Å². The predicted molar refractivity (Wildman–Crippen MR) is 171 cm³/mol. The molecular formula is C33H39N3O3S2. The van der Waals surface area contributed by atoms with Gasteiger partial charge in [0.05, 0.1) is 23.9 Å². The van der Waals surface area contributed by atoms with Crippen LogP contribution in [-0.2, 0) is 17.6 Å². The fourth-order valence-electron chi connectivity index (χ4n) is 5.64. The molecule has 0 radical (unpaired) electrons. The number of hydrogen-bond donors (Lipinski definition) is 1. The van der Waals surface area contributed by atoms with Gasteiger partial charge in [-0.2, -0.15) is 0 Å². The van der Waals surface area contributed by atoms with E-state index in [-0.39, 0.29) is 28.6 Å². The van der Waals surface area contributed by atoms with Crippen LogP contribution in [0.5, 0.6) is 5.75 Å². The first-order chi connectivity index (χ1) is 19.5. The normalized spacial score (nSPS) is 15.3. The molecule has 0 spiro atoms. The van der Waals surface area contributed by atoms with Crippen molar-refractivity contribution in [1.82, 2.24) is 9.55 Å². The molecule has 2 heterocycles. The number of thiophene rings is 1. The van der Waals surface area contributed by atoms with Crippen LogP contribution >= 0.6 is 23.1 Å². The average Bonchev–Trinajstić information content (AvgIpc) is 3.30. The molecule has 4 aromatic rings. The van der Waals surface area contributed by atoms with Crippen molar-refractivity contribution in [3.05, 3.63) is 74.4 Å². The Labute approximate surface area is 250 Å². The first-order valence-corrected chi connectivity index (χ1v) is 16.0. The average molecular weight is 590 g/mol. The number of anilines is 1. The summed E-state index contributed by atoms with van der Waals surface area (Å²) >= 11 is 2.93. The molecule has 2 aromatic carbocycles. The van der Waals surface area contributed by atoms with Gasteiger partial charge >= 0.3 is 0 Å². The molecule has 0 fully saturated rings. The summed E-state index contributed by atoms with van der Waals surface area (Å²) in [7, 11) is 1.62. The maximum Gasteiger partial charge on any atom is 0.267 e. The fourth-order valence-corrected chi connectivity index (χ4v) is 7.79. The van der Waals surface area contributed by atoms with Gasteiger partial charge in [0.25, 0.3) is 5.56 Å². The van der Waals surface area contributed by atoms with Gasteiger partial charge in [-0.05, 0) is 72.3 Å². The molecule has 1 amide bonds. The third kappa shape index (κ3) is 5.95. The highest BCUT2D eigenvalue weighted by Gasteiger charge is 2.32. The number of fused-ring (bicyclic) bond motifs is 3. The molecule has 1 atom stereocenters. The summed E-state index contributed by atoms with van der Waals surface area (Å²) in [4.78, 5) is 34.6. The zero-order valence-electron chi connectivity index (χ0n) is 25.0. The quantitative estimate of drug-likeness (QED) is 0.176. The van der Waals surface area contributed by atoms with Gasteiger partial charge in [-0.25, -0.2) is 4.98 Å². The first-order valence-electron chi connectivity index (χ1n) is 14.2. The summed E-state index contributed by atoms with van der Waals surface area (Å²) < 4.78 is 7.19. The number of methoxy groups -OCH3 is 1. The van der Waals surface area contributed by atoms with Crippen molar-refractivity contribution in [2.45, 2.75) is 71.9 Å². The number of amides is 1. The minimum atomic E-state index is -0.134. The number of benzene rings is 2. The topological polar surface area (TPSA) is 73.2 Å². The van der Waals surface area contributed by atoms with Crippen LogP contribution < -0.4 is 15.6 Å². The lowest BCUT2D eigenvalue weighted by atomic mass is 9.72. The number of hydrogen-bond acceptors (Lipinski definition) is 6. The molecule has 1 N–H and O–H groups in total. The fraction of sp³-hybridized carbons (Fsp3) is 0.424. The Morgan fingerprint density at radius 2 is 1.98 bits per heavy atom. The highest BCUT2D eigenvalue weighted by Crippen LogP contribution is 2.42. The second-order valence-corrected chi connectivity index (χ2v) is 14.3. The second kappa shape index (κ2) is 11.6. The molecule has 0 saturated heterocycles. The first kappa shape index (κ1) is 29.4. The van der Waals surface area contributed by atoms with Crippen LogP contribution in [0.1, 0.15) is 68.5 Å². The monoisotopic (exact) mass is 589 g/mol. The van der Waals surface area contributed by atoms with Gasteiger partial charge in [-0.15, -0.1) is 11.3 Å². The Kier molecular flexibility index (Phi) is 8.35. The molecule has 1 aliphatic rings. The molecular weight excluding hydrogens is 551 g/mol. The highest BCUT2D eigenvalue weighted by molar-refractivity contribution is 7.99. The third-order valence-corrected chi connectivity index (χ3v) is 10.2. The van der Waals surface area contributed by atoms with Gasteiger partial charge in [0.2, 0.25) is 5.91 Å². The zero-order valence-corrected chi connectivity index (χ0v) is 26.6. The molecule has 41 heavy (non-hydrogen) atoms. The number of thioether (sulfide) groups is 1. The lowest BCUT2D eigenvalue weighted by Crippen LogP contribution is -2.27. The molecule has 216 valence electrons. The molecule has 0 bridgehead atoms. The van der Waals surface area contributed by atoms with Gasteiger partial charge < -0.3 is 10.1 Å². The lowest BCUT2D eigenvalue weighted by Gasteiger charge is -2.33. The second-order valence-electron chi connectivity index (χ2n) is 12.3. The number of nitrogens with zero attached hydrogens (tertiary/aromatic N) is 2. The number of aryl methyl sites for hydroxylation is 2. The van der Waals surface area contributed by atoms with E-state index < -0.39 is 0 Å². The number of carbonyl (C=O) groups excluding carboxylic acids is 1. The van der Waals surface area contributed by atoms with E-state index in [1.807, 2.05) is 49.4 Å². The van der Waals surface area contributed by atoms with Crippen LogP contribution in [0.2, 0.25) is 0 Å². The molecule has 5 rings (SSSR count). The SMILES string of the molecule is COc1ccc(C)c(-n2c(SCC(=O)Nc3ccccc3C(C)C)nc3sc4c(c3c2=O)CC[C@@H](C(C)(C)C)C4)c1. The predicted octanol–water partition coefficient (Wildman–Crippen LogP) is 7.77. The van der Waals surface area contributed by atoms with Gasteiger partial charge in [0.15, 0.2) is 5.16 Å². The summed E-state index contributed by atoms with van der Waals surface area (Å²) in [6, 6.07) is 13.6. The van der Waals surface area contributed by atoms with Gasteiger partial charge in [-0.3, -0.25) is 14.2 Å². The summed E-state index contributed by atoms with van der Waals surface area (Å²) in [5.41, 5.74) is 4.84. The minimum absolute atomic E-state index is 0.0777. The van der Waals surface area contributed by atoms with Crippen molar-refractivity contribution < 1.29 is 9.53 Å². The van der Waals surface area contributed by atoms with Crippen LogP contribution in [0.25, 0.3) is 15.9 Å². The van der Waals surface area contributed by atoms with E-state index in [0.717, 1.165) is 57.5 Å². The number of rotatable bonds is 7. The van der Waals surface area contributed by atoms with Crippen LogP contribution in [0.3, 0.4) is 0 Å². The van der Waals surface area contributed by atoms with Crippen molar-refractivity contribution in [3.63, 3.8) is 0 Å². The van der Waals surface area contributed by atoms with Crippen LogP contribution in [0.4, 0.5) is 5.69 Å². The standard InChI is InChI=1S/C33H39N3O3S2/c1-19(2)23-10-8-9-11-25(23)34-28(37)18-40-32-35-30-29(24-15-13-21(33(4,5)6)16-27(24)41-30)31(38)36(32)26-17-22(39-7)14-12-20(26)3/h8-12,14,17,19,21H,13,15-16,18H2,1-7H3,(H,34,37)/t21-/m1/s1. The van der Waals surface area contributed by atoms with Crippen LogP contribution in [0.15, 0.2) is 52.4 Å². The van der Waals surface area contributed by atoms with E-state index in [2.05, 4.69) is 39.9 Å². The van der Waals surface area contributed by atoms with Crippen molar-refractivity contribution >= 4 is 44.9 Å². The number of nitrogens with one attached hydrogen (secondary N) is 1. The summed E-state index contributed by atoms with van der Waals surface area (Å²) in [6.45, 7) is 13.1. The zero-order chi connectivity index (χ0) is 29.5.